The Kier molecular flexibility index (Phi) is 4.54. The molecule has 2 aromatic carbocycles. The van der Waals surface area contributed by atoms with Gasteiger partial charge in [0.2, 0.25) is 0 Å². The lowest BCUT2D eigenvalue weighted by Crippen LogP contribution is -2.41. The molecule has 0 bridgehead atoms. The third kappa shape index (κ3) is 3.33. The smallest absolute Gasteiger partial charge is 0.317 e. The average Bonchev–Trinajstić information content (AvgIpc) is 3.10. The molecule has 144 valence electrons. The summed E-state index contributed by atoms with van der Waals surface area (Å²) in [6.45, 7) is 2.65. The molecule has 2 amide bonds. The van der Waals surface area contributed by atoms with Crippen LogP contribution < -0.4 is 5.32 Å². The number of aromatic nitrogens is 2. The van der Waals surface area contributed by atoms with Crippen molar-refractivity contribution in [3.05, 3.63) is 71.3 Å². The van der Waals surface area contributed by atoms with E-state index in [1.54, 1.807) is 23.2 Å². The summed E-state index contributed by atoms with van der Waals surface area (Å²) in [7, 11) is 0. The minimum absolute atomic E-state index is 0.116. The Morgan fingerprint density at radius 1 is 1.11 bits per heavy atom. The number of urea groups is 1. The van der Waals surface area contributed by atoms with E-state index in [9.17, 15) is 18.0 Å². The van der Waals surface area contributed by atoms with Crippen LogP contribution in [0.2, 0.25) is 0 Å². The number of carbonyl (C=O) groups is 1. The van der Waals surface area contributed by atoms with Crippen LogP contribution in [0.1, 0.15) is 11.3 Å². The van der Waals surface area contributed by atoms with Gasteiger partial charge in [-0.3, -0.25) is 4.68 Å². The van der Waals surface area contributed by atoms with Crippen LogP contribution in [0.25, 0.3) is 11.1 Å². The Morgan fingerprint density at radius 3 is 2.57 bits per heavy atom. The molecule has 4 rings (SSSR count). The standard InChI is InChI=1S/C20H17F3N4O/c1-12-8-15(9-17(22)19(12)23)25-20(28)26-6-7-27-18(11-26)16(10-24-27)13-2-4-14(21)5-3-13/h2-5,8-10H,6-7,11H2,1H3,(H,25,28). The molecule has 8 heteroatoms. The van der Waals surface area contributed by atoms with E-state index in [4.69, 9.17) is 0 Å². The van der Waals surface area contributed by atoms with Crippen molar-refractivity contribution >= 4 is 11.7 Å². The fraction of sp³-hybridized carbons (Fsp3) is 0.200. The molecule has 0 saturated heterocycles. The van der Waals surface area contributed by atoms with Crippen molar-refractivity contribution in [1.82, 2.24) is 14.7 Å². The number of nitrogens with one attached hydrogen (secondary N) is 1. The molecule has 0 unspecified atom stereocenters. The van der Waals surface area contributed by atoms with Gasteiger partial charge in [0.15, 0.2) is 11.6 Å². The van der Waals surface area contributed by atoms with Gasteiger partial charge in [0.1, 0.15) is 5.82 Å². The molecular formula is C20H17F3N4O. The summed E-state index contributed by atoms with van der Waals surface area (Å²) in [5.74, 6) is -2.26. The van der Waals surface area contributed by atoms with Crippen molar-refractivity contribution in [2.45, 2.75) is 20.0 Å². The van der Waals surface area contributed by atoms with Gasteiger partial charge in [0, 0.05) is 23.9 Å². The molecule has 5 nitrogen and oxygen atoms in total. The van der Waals surface area contributed by atoms with E-state index in [1.165, 1.54) is 25.1 Å². The van der Waals surface area contributed by atoms with Gasteiger partial charge in [-0.2, -0.15) is 5.10 Å². The molecule has 3 aromatic rings. The summed E-state index contributed by atoms with van der Waals surface area (Å²) in [5, 5.41) is 6.95. The number of nitrogens with zero attached hydrogens (tertiary/aromatic N) is 3. The van der Waals surface area contributed by atoms with Gasteiger partial charge >= 0.3 is 6.03 Å². The summed E-state index contributed by atoms with van der Waals surface area (Å²) in [6.07, 6.45) is 1.70. The van der Waals surface area contributed by atoms with Crippen LogP contribution in [0.5, 0.6) is 0 Å². The zero-order valence-corrected chi connectivity index (χ0v) is 15.0. The van der Waals surface area contributed by atoms with Gasteiger partial charge in [-0.15, -0.1) is 0 Å². The molecule has 28 heavy (non-hydrogen) atoms. The number of amides is 2. The van der Waals surface area contributed by atoms with Gasteiger partial charge in [0.05, 0.1) is 25.0 Å². The van der Waals surface area contributed by atoms with Crippen molar-refractivity contribution in [2.24, 2.45) is 0 Å². The minimum atomic E-state index is -1.01. The molecule has 2 heterocycles. The first-order valence-corrected chi connectivity index (χ1v) is 8.74. The van der Waals surface area contributed by atoms with Gasteiger partial charge in [-0.05, 0) is 36.2 Å². The zero-order chi connectivity index (χ0) is 19.8. The van der Waals surface area contributed by atoms with Crippen molar-refractivity contribution in [2.75, 3.05) is 11.9 Å². The molecule has 0 aliphatic carbocycles. The second kappa shape index (κ2) is 7.03. The topological polar surface area (TPSA) is 50.2 Å². The Hall–Kier alpha value is -3.29. The number of carbonyl (C=O) groups excluding carboxylic acids is 1. The number of rotatable bonds is 2. The fourth-order valence-electron chi connectivity index (χ4n) is 3.29. The fourth-order valence-corrected chi connectivity index (χ4v) is 3.29. The van der Waals surface area contributed by atoms with E-state index < -0.39 is 17.7 Å². The van der Waals surface area contributed by atoms with Crippen LogP contribution in [0.3, 0.4) is 0 Å². The summed E-state index contributed by atoms with van der Waals surface area (Å²) in [6, 6.07) is 8.00. The third-order valence-corrected chi connectivity index (χ3v) is 4.77. The maximum absolute atomic E-state index is 13.6. The number of halogens is 3. The summed E-state index contributed by atoms with van der Waals surface area (Å²) in [4.78, 5) is 14.2. The lowest BCUT2D eigenvalue weighted by atomic mass is 10.1. The second-order valence-corrected chi connectivity index (χ2v) is 6.68. The number of hydrogen-bond donors (Lipinski definition) is 1. The van der Waals surface area contributed by atoms with Gasteiger partial charge in [0.25, 0.3) is 0 Å². The van der Waals surface area contributed by atoms with Crippen LogP contribution in [-0.2, 0) is 13.1 Å². The van der Waals surface area contributed by atoms with E-state index >= 15 is 0 Å². The molecule has 0 saturated carbocycles. The first kappa shape index (κ1) is 18.1. The highest BCUT2D eigenvalue weighted by molar-refractivity contribution is 5.89. The van der Waals surface area contributed by atoms with Crippen LogP contribution in [0.15, 0.2) is 42.6 Å². The SMILES string of the molecule is Cc1cc(NC(=O)N2CCn3ncc(-c4ccc(F)cc4)c3C2)cc(F)c1F. The van der Waals surface area contributed by atoms with Gasteiger partial charge in [-0.25, -0.2) is 18.0 Å². The lowest BCUT2D eigenvalue weighted by molar-refractivity contribution is 0.194. The van der Waals surface area contributed by atoms with E-state index in [0.29, 0.717) is 19.6 Å². The summed E-state index contributed by atoms with van der Waals surface area (Å²) in [5.41, 5.74) is 2.77. The van der Waals surface area contributed by atoms with E-state index in [2.05, 4.69) is 10.4 Å². The molecule has 1 aliphatic heterocycles. The largest absolute Gasteiger partial charge is 0.322 e. The predicted octanol–water partition coefficient (Wildman–Crippen LogP) is 4.32. The van der Waals surface area contributed by atoms with E-state index in [-0.39, 0.29) is 17.1 Å². The van der Waals surface area contributed by atoms with Crippen molar-refractivity contribution in [3.8, 4) is 11.1 Å². The number of aryl methyl sites for hydroxylation is 1. The number of anilines is 1. The first-order chi connectivity index (χ1) is 13.4. The van der Waals surface area contributed by atoms with Crippen molar-refractivity contribution < 1.29 is 18.0 Å². The number of fused-ring (bicyclic) bond motifs is 1. The Bertz CT molecular complexity index is 1020. The number of benzene rings is 2. The average molecular weight is 386 g/mol. The minimum Gasteiger partial charge on any atom is -0.317 e. The molecule has 0 radical (unpaired) electrons. The van der Waals surface area contributed by atoms with Crippen LogP contribution in [0.4, 0.5) is 23.7 Å². The summed E-state index contributed by atoms with van der Waals surface area (Å²) >= 11 is 0. The molecule has 1 N–H and O–H groups in total. The van der Waals surface area contributed by atoms with Gasteiger partial charge in [-0.1, -0.05) is 12.1 Å². The zero-order valence-electron chi connectivity index (χ0n) is 15.0. The highest BCUT2D eigenvalue weighted by Gasteiger charge is 2.25. The van der Waals surface area contributed by atoms with Crippen LogP contribution in [0, 0.1) is 24.4 Å². The maximum Gasteiger partial charge on any atom is 0.322 e. The normalized spacial score (nSPS) is 13.4. The quantitative estimate of drug-likeness (QED) is 0.713. The predicted molar refractivity (Wildman–Crippen MR) is 98.1 cm³/mol. The van der Waals surface area contributed by atoms with E-state index in [1.807, 2.05) is 4.68 Å². The molecule has 1 aromatic heterocycles. The molecule has 1 aliphatic rings. The Labute approximate surface area is 159 Å². The highest BCUT2D eigenvalue weighted by Crippen LogP contribution is 2.27. The maximum atomic E-state index is 13.6. The molecular weight excluding hydrogens is 369 g/mol. The Morgan fingerprint density at radius 2 is 1.86 bits per heavy atom. The Balaban J connectivity index is 1.54. The molecule has 0 atom stereocenters. The van der Waals surface area contributed by atoms with Crippen molar-refractivity contribution in [1.29, 1.82) is 0 Å². The van der Waals surface area contributed by atoms with Gasteiger partial charge < -0.3 is 10.2 Å². The lowest BCUT2D eigenvalue weighted by Gasteiger charge is -2.28. The van der Waals surface area contributed by atoms with E-state index in [0.717, 1.165) is 22.9 Å². The van der Waals surface area contributed by atoms with Crippen molar-refractivity contribution in [3.63, 3.8) is 0 Å². The first-order valence-electron chi connectivity index (χ1n) is 8.74. The monoisotopic (exact) mass is 386 g/mol. The number of hydrogen-bond acceptors (Lipinski definition) is 2. The molecule has 0 fully saturated rings. The van der Waals surface area contributed by atoms with Crippen LogP contribution in [-0.4, -0.2) is 27.3 Å². The third-order valence-electron chi connectivity index (χ3n) is 4.77. The summed E-state index contributed by atoms with van der Waals surface area (Å²) < 4.78 is 42.0. The highest BCUT2D eigenvalue weighted by atomic mass is 19.2. The second-order valence-electron chi connectivity index (χ2n) is 6.68. The molecule has 0 spiro atoms. The van der Waals surface area contributed by atoms with Crippen LogP contribution >= 0.6 is 0 Å².